The quantitative estimate of drug-likeness (QED) is 0.425. The van der Waals surface area contributed by atoms with Crippen molar-refractivity contribution < 1.29 is 0 Å². The second-order valence-corrected chi connectivity index (χ2v) is 3.45. The molecule has 63 valence electrons. The molecule has 0 spiro atoms. The largest absolute Gasteiger partial charge is 0.399 e. The Kier molecular flexibility index (Phi) is 3.87. The Morgan fingerprint density at radius 3 is 2.33 bits per heavy atom. The first-order chi connectivity index (χ1) is 5.83. The van der Waals surface area contributed by atoms with Crippen molar-refractivity contribution in [3.63, 3.8) is 0 Å². The zero-order valence-electron chi connectivity index (χ0n) is 7.22. The third kappa shape index (κ3) is 3.09. The number of anilines is 1. The zero-order chi connectivity index (χ0) is 8.81. The number of nitrogens with two attached hydrogens (primary N) is 1. The van der Waals surface area contributed by atoms with Crippen LogP contribution in [0.2, 0.25) is 6.04 Å². The standard InChI is InChI=1S/C10H14NSi/c11-10-6-4-9(5-7-10)3-1-2-8-12/h4-7H,1-3,8,11H2. The van der Waals surface area contributed by atoms with Crippen molar-refractivity contribution in [1.82, 2.24) is 0 Å². The van der Waals surface area contributed by atoms with E-state index in [0.717, 1.165) is 18.2 Å². The van der Waals surface area contributed by atoms with E-state index in [1.165, 1.54) is 18.4 Å². The van der Waals surface area contributed by atoms with Gasteiger partial charge < -0.3 is 5.73 Å². The number of benzene rings is 1. The lowest BCUT2D eigenvalue weighted by molar-refractivity contribution is 0.794. The first-order valence-corrected chi connectivity index (χ1v) is 5.02. The minimum Gasteiger partial charge on any atom is -0.399 e. The van der Waals surface area contributed by atoms with Crippen molar-refractivity contribution in [2.75, 3.05) is 5.73 Å². The Balaban J connectivity index is 2.37. The highest BCUT2D eigenvalue weighted by molar-refractivity contribution is 6.08. The van der Waals surface area contributed by atoms with Crippen LogP contribution in [0.5, 0.6) is 0 Å². The summed E-state index contributed by atoms with van der Waals surface area (Å²) >= 11 is 0. The number of rotatable bonds is 4. The highest BCUT2D eigenvalue weighted by Gasteiger charge is 1.91. The molecule has 0 unspecified atom stereocenters. The topological polar surface area (TPSA) is 26.0 Å². The Hall–Kier alpha value is -0.763. The Morgan fingerprint density at radius 2 is 1.75 bits per heavy atom. The fraction of sp³-hybridized carbons (Fsp3) is 0.400. The second-order valence-electron chi connectivity index (χ2n) is 2.95. The van der Waals surface area contributed by atoms with Gasteiger partial charge in [0.05, 0.1) is 0 Å². The number of nitrogen functional groups attached to an aromatic ring is 1. The van der Waals surface area contributed by atoms with Crippen LogP contribution in [-0.2, 0) is 6.42 Å². The lowest BCUT2D eigenvalue weighted by atomic mass is 10.1. The van der Waals surface area contributed by atoms with E-state index in [1.807, 2.05) is 12.1 Å². The van der Waals surface area contributed by atoms with Gasteiger partial charge in [0.15, 0.2) is 0 Å². The third-order valence-electron chi connectivity index (χ3n) is 1.87. The highest BCUT2D eigenvalue weighted by atomic mass is 28.1. The summed E-state index contributed by atoms with van der Waals surface area (Å²) in [7, 11) is 3.46. The maximum atomic E-state index is 5.57. The lowest BCUT2D eigenvalue weighted by Gasteiger charge is -2.00. The van der Waals surface area contributed by atoms with Crippen molar-refractivity contribution in [1.29, 1.82) is 0 Å². The van der Waals surface area contributed by atoms with E-state index in [2.05, 4.69) is 22.4 Å². The summed E-state index contributed by atoms with van der Waals surface area (Å²) in [5.74, 6) is 0. The lowest BCUT2D eigenvalue weighted by Crippen LogP contribution is -1.87. The van der Waals surface area contributed by atoms with Gasteiger partial charge in [-0.3, -0.25) is 0 Å². The van der Waals surface area contributed by atoms with Crippen LogP contribution in [0.3, 0.4) is 0 Å². The minimum absolute atomic E-state index is 0.846. The van der Waals surface area contributed by atoms with E-state index in [1.54, 1.807) is 0 Å². The number of hydrogen-bond donors (Lipinski definition) is 1. The molecule has 0 saturated heterocycles. The molecular formula is C10H14NSi. The second kappa shape index (κ2) is 4.98. The molecule has 0 aliphatic carbocycles. The Labute approximate surface area is 77.4 Å². The molecule has 0 aromatic heterocycles. The van der Waals surface area contributed by atoms with Crippen molar-refractivity contribution in [3.05, 3.63) is 29.8 Å². The molecule has 0 heterocycles. The third-order valence-corrected chi connectivity index (χ3v) is 2.23. The molecule has 2 heteroatoms. The van der Waals surface area contributed by atoms with Crippen LogP contribution < -0.4 is 5.73 Å². The van der Waals surface area contributed by atoms with E-state index in [-0.39, 0.29) is 0 Å². The number of hydrogen-bond acceptors (Lipinski definition) is 1. The average Bonchev–Trinajstić information content (AvgIpc) is 2.09. The maximum Gasteiger partial charge on any atom is 0.0314 e. The van der Waals surface area contributed by atoms with E-state index >= 15 is 0 Å². The first-order valence-electron chi connectivity index (χ1n) is 4.32. The molecule has 12 heavy (non-hydrogen) atoms. The molecule has 0 amide bonds. The SMILES string of the molecule is Nc1ccc(CCCC[Si])cc1. The smallest absolute Gasteiger partial charge is 0.0314 e. The number of unbranched alkanes of at least 4 members (excludes halogenated alkanes) is 1. The van der Waals surface area contributed by atoms with Crippen LogP contribution >= 0.6 is 0 Å². The van der Waals surface area contributed by atoms with Gasteiger partial charge in [-0.15, -0.1) is 0 Å². The zero-order valence-corrected chi connectivity index (χ0v) is 8.22. The molecule has 1 rings (SSSR count). The molecule has 0 fully saturated rings. The van der Waals surface area contributed by atoms with Crippen molar-refractivity contribution in [2.24, 2.45) is 0 Å². The van der Waals surface area contributed by atoms with Crippen molar-refractivity contribution in [2.45, 2.75) is 25.3 Å². The summed E-state index contributed by atoms with van der Waals surface area (Å²) < 4.78 is 0. The van der Waals surface area contributed by atoms with Gasteiger partial charge in [-0.1, -0.05) is 24.6 Å². The summed E-state index contributed by atoms with van der Waals surface area (Å²) in [5, 5.41) is 0. The summed E-state index contributed by atoms with van der Waals surface area (Å²) in [4.78, 5) is 0. The van der Waals surface area contributed by atoms with Crippen LogP contribution in [0.15, 0.2) is 24.3 Å². The van der Waals surface area contributed by atoms with Gasteiger partial charge in [0.25, 0.3) is 0 Å². The minimum atomic E-state index is 0.846. The Morgan fingerprint density at radius 1 is 1.08 bits per heavy atom. The first kappa shape index (κ1) is 9.33. The van der Waals surface area contributed by atoms with E-state index in [0.29, 0.717) is 0 Å². The van der Waals surface area contributed by atoms with Gasteiger partial charge in [-0.2, -0.15) is 0 Å². The predicted octanol–water partition coefficient (Wildman–Crippen LogP) is 2.18. The predicted molar refractivity (Wildman–Crippen MR) is 54.4 cm³/mol. The fourth-order valence-electron chi connectivity index (χ4n) is 1.14. The monoisotopic (exact) mass is 176 g/mol. The molecule has 3 radical (unpaired) electrons. The summed E-state index contributed by atoms with van der Waals surface area (Å²) in [6.07, 6.45) is 3.64. The van der Waals surface area contributed by atoms with Gasteiger partial charge in [0.1, 0.15) is 0 Å². The van der Waals surface area contributed by atoms with Crippen LogP contribution in [0.1, 0.15) is 18.4 Å². The number of aryl methyl sites for hydroxylation is 1. The summed E-state index contributed by atoms with van der Waals surface area (Å²) in [5.41, 5.74) is 7.80. The van der Waals surface area contributed by atoms with Gasteiger partial charge >= 0.3 is 0 Å². The van der Waals surface area contributed by atoms with E-state index in [9.17, 15) is 0 Å². The van der Waals surface area contributed by atoms with Crippen LogP contribution in [0, 0.1) is 0 Å². The molecular weight excluding hydrogens is 162 g/mol. The van der Waals surface area contributed by atoms with Gasteiger partial charge in [0.2, 0.25) is 0 Å². The van der Waals surface area contributed by atoms with Crippen molar-refractivity contribution >= 4 is 15.9 Å². The van der Waals surface area contributed by atoms with E-state index < -0.39 is 0 Å². The molecule has 0 aliphatic heterocycles. The molecule has 1 aromatic carbocycles. The normalized spacial score (nSPS) is 10.1. The fourth-order valence-corrected chi connectivity index (χ4v) is 1.39. The highest BCUT2D eigenvalue weighted by Crippen LogP contribution is 2.09. The summed E-state index contributed by atoms with van der Waals surface area (Å²) in [6.45, 7) is 0. The molecule has 0 atom stereocenters. The molecule has 1 nitrogen and oxygen atoms in total. The van der Waals surface area contributed by atoms with Gasteiger partial charge in [-0.25, -0.2) is 0 Å². The molecule has 0 bridgehead atoms. The van der Waals surface area contributed by atoms with Crippen LogP contribution in [0.4, 0.5) is 5.69 Å². The van der Waals surface area contributed by atoms with Gasteiger partial charge in [-0.05, 0) is 30.5 Å². The molecule has 2 N–H and O–H groups in total. The van der Waals surface area contributed by atoms with Crippen molar-refractivity contribution in [3.8, 4) is 0 Å². The van der Waals surface area contributed by atoms with Crippen LogP contribution in [-0.4, -0.2) is 10.2 Å². The molecule has 0 saturated carbocycles. The van der Waals surface area contributed by atoms with Crippen LogP contribution in [0.25, 0.3) is 0 Å². The maximum absolute atomic E-state index is 5.57. The summed E-state index contributed by atoms with van der Waals surface area (Å²) in [6, 6.07) is 9.22. The molecule has 0 aliphatic rings. The van der Waals surface area contributed by atoms with Gasteiger partial charge in [0, 0.05) is 15.9 Å². The average molecular weight is 176 g/mol. The molecule has 1 aromatic rings. The Bertz CT molecular complexity index is 218. The van der Waals surface area contributed by atoms with E-state index in [4.69, 9.17) is 5.73 Å².